The Bertz CT molecular complexity index is 1000. The first kappa shape index (κ1) is 21.1. The van der Waals surface area contributed by atoms with E-state index in [0.29, 0.717) is 23.9 Å². The van der Waals surface area contributed by atoms with Crippen molar-refractivity contribution in [2.24, 2.45) is 0 Å². The molecule has 1 amide bonds. The number of hydrogen-bond acceptors (Lipinski definition) is 6. The summed E-state index contributed by atoms with van der Waals surface area (Å²) < 4.78 is 5.31. The predicted molar refractivity (Wildman–Crippen MR) is 120 cm³/mol. The molecular formula is C23H27N5O2. The molecule has 0 saturated heterocycles. The minimum absolute atomic E-state index is 0.495. The topological polar surface area (TPSA) is 88.2 Å². The van der Waals surface area contributed by atoms with Crippen molar-refractivity contribution in [2.75, 3.05) is 16.0 Å². The van der Waals surface area contributed by atoms with E-state index in [-0.39, 0.29) is 0 Å². The maximum atomic E-state index is 12.0. The lowest BCUT2D eigenvalue weighted by Gasteiger charge is -2.20. The molecule has 156 valence electrons. The molecule has 0 bridgehead atoms. The predicted octanol–water partition coefficient (Wildman–Crippen LogP) is 5.49. The minimum atomic E-state index is -0.556. The Morgan fingerprint density at radius 1 is 1.00 bits per heavy atom. The van der Waals surface area contributed by atoms with Gasteiger partial charge in [-0.2, -0.15) is 0 Å². The molecule has 1 heterocycles. The molecule has 7 heteroatoms. The van der Waals surface area contributed by atoms with Crippen molar-refractivity contribution >= 4 is 29.0 Å². The normalized spacial score (nSPS) is 10.9. The number of carbonyl (C=O) groups excluding carboxylic acids is 1. The van der Waals surface area contributed by atoms with E-state index in [1.807, 2.05) is 82.4 Å². The number of nitrogens with one attached hydrogen (secondary N) is 3. The van der Waals surface area contributed by atoms with E-state index in [9.17, 15) is 4.79 Å². The average molecular weight is 406 g/mol. The fraction of sp³-hybridized carbons (Fsp3) is 0.261. The van der Waals surface area contributed by atoms with E-state index < -0.39 is 11.7 Å². The summed E-state index contributed by atoms with van der Waals surface area (Å²) in [5.74, 6) is 1.38. The third-order valence-corrected chi connectivity index (χ3v) is 4.01. The van der Waals surface area contributed by atoms with E-state index in [0.717, 1.165) is 16.9 Å². The third kappa shape index (κ3) is 6.48. The number of carbonyl (C=O) groups is 1. The summed E-state index contributed by atoms with van der Waals surface area (Å²) in [7, 11) is 0. The smallest absolute Gasteiger partial charge is 0.412 e. The fourth-order valence-electron chi connectivity index (χ4n) is 2.72. The SMILES string of the molecule is Cc1ncc(CNc2ccccc2)c(Nc2cccc(NC(=O)OC(C)(C)C)c2)n1. The van der Waals surface area contributed by atoms with Crippen LogP contribution in [-0.4, -0.2) is 21.7 Å². The molecule has 0 unspecified atom stereocenters. The number of nitrogens with zero attached hydrogens (tertiary/aromatic N) is 2. The summed E-state index contributed by atoms with van der Waals surface area (Å²) >= 11 is 0. The molecule has 0 spiro atoms. The number of benzene rings is 2. The van der Waals surface area contributed by atoms with Crippen molar-refractivity contribution in [3.05, 3.63) is 72.2 Å². The summed E-state index contributed by atoms with van der Waals surface area (Å²) in [5.41, 5.74) is 2.81. The summed E-state index contributed by atoms with van der Waals surface area (Å²) in [4.78, 5) is 20.9. The number of aromatic nitrogens is 2. The standard InChI is InChI=1S/C23H27N5O2/c1-16-24-14-17(15-25-18-9-6-5-7-10-18)21(26-16)27-19-11-8-12-20(13-19)28-22(29)30-23(2,3)4/h5-14,25H,15H2,1-4H3,(H,28,29)(H,24,26,27). The van der Waals surface area contributed by atoms with Crippen molar-refractivity contribution in [3.8, 4) is 0 Å². The van der Waals surface area contributed by atoms with Crippen LogP contribution in [0.4, 0.5) is 27.7 Å². The first-order chi connectivity index (χ1) is 14.3. The van der Waals surface area contributed by atoms with Crippen LogP contribution in [0.25, 0.3) is 0 Å². The van der Waals surface area contributed by atoms with Gasteiger partial charge < -0.3 is 15.4 Å². The van der Waals surface area contributed by atoms with E-state index in [2.05, 4.69) is 25.9 Å². The van der Waals surface area contributed by atoms with Crippen LogP contribution in [0.3, 0.4) is 0 Å². The minimum Gasteiger partial charge on any atom is -0.444 e. The molecule has 0 saturated carbocycles. The zero-order valence-corrected chi connectivity index (χ0v) is 17.7. The maximum Gasteiger partial charge on any atom is 0.412 e. The third-order valence-electron chi connectivity index (χ3n) is 4.01. The highest BCUT2D eigenvalue weighted by Gasteiger charge is 2.16. The lowest BCUT2D eigenvalue weighted by atomic mass is 10.2. The van der Waals surface area contributed by atoms with Gasteiger partial charge in [0.15, 0.2) is 0 Å². The number of amides is 1. The van der Waals surface area contributed by atoms with Crippen molar-refractivity contribution < 1.29 is 9.53 Å². The number of para-hydroxylation sites is 1. The highest BCUT2D eigenvalue weighted by Crippen LogP contribution is 2.23. The zero-order chi connectivity index (χ0) is 21.6. The zero-order valence-electron chi connectivity index (χ0n) is 17.7. The number of anilines is 4. The summed E-state index contributed by atoms with van der Waals surface area (Å²) in [6.45, 7) is 7.90. The molecule has 0 atom stereocenters. The van der Waals surface area contributed by atoms with Gasteiger partial charge in [0.05, 0.1) is 0 Å². The van der Waals surface area contributed by atoms with Gasteiger partial charge in [-0.3, -0.25) is 5.32 Å². The van der Waals surface area contributed by atoms with Crippen LogP contribution in [0.2, 0.25) is 0 Å². The first-order valence-electron chi connectivity index (χ1n) is 9.77. The fourth-order valence-corrected chi connectivity index (χ4v) is 2.72. The number of ether oxygens (including phenoxy) is 1. The van der Waals surface area contributed by atoms with Crippen molar-refractivity contribution in [1.82, 2.24) is 9.97 Å². The second kappa shape index (κ2) is 9.26. The molecule has 0 fully saturated rings. The maximum absolute atomic E-state index is 12.0. The lowest BCUT2D eigenvalue weighted by molar-refractivity contribution is 0.0636. The quantitative estimate of drug-likeness (QED) is 0.503. The summed E-state index contributed by atoms with van der Waals surface area (Å²) in [6, 6.07) is 17.4. The monoisotopic (exact) mass is 405 g/mol. The molecule has 0 aliphatic rings. The molecule has 7 nitrogen and oxygen atoms in total. The largest absolute Gasteiger partial charge is 0.444 e. The molecule has 3 aromatic rings. The van der Waals surface area contributed by atoms with Gasteiger partial charge in [-0.15, -0.1) is 0 Å². The van der Waals surface area contributed by atoms with Gasteiger partial charge >= 0.3 is 6.09 Å². The van der Waals surface area contributed by atoms with Crippen molar-refractivity contribution in [1.29, 1.82) is 0 Å². The molecule has 3 rings (SSSR count). The van der Waals surface area contributed by atoms with Gasteiger partial charge in [0.1, 0.15) is 17.2 Å². The molecular weight excluding hydrogens is 378 g/mol. The van der Waals surface area contributed by atoms with Crippen LogP contribution in [-0.2, 0) is 11.3 Å². The van der Waals surface area contributed by atoms with E-state index in [1.54, 1.807) is 6.07 Å². The van der Waals surface area contributed by atoms with Crippen LogP contribution in [0.1, 0.15) is 32.2 Å². The Morgan fingerprint density at radius 3 is 2.43 bits per heavy atom. The summed E-state index contributed by atoms with van der Waals surface area (Å²) in [6.07, 6.45) is 1.31. The summed E-state index contributed by atoms with van der Waals surface area (Å²) in [5, 5.41) is 9.45. The molecule has 0 aliphatic heterocycles. The van der Waals surface area contributed by atoms with Gasteiger partial charge in [0.2, 0.25) is 0 Å². The molecule has 2 aromatic carbocycles. The Balaban J connectivity index is 1.72. The Morgan fingerprint density at radius 2 is 1.70 bits per heavy atom. The average Bonchev–Trinajstić information content (AvgIpc) is 2.67. The number of rotatable bonds is 6. The van der Waals surface area contributed by atoms with Crippen LogP contribution in [0, 0.1) is 6.92 Å². The molecule has 0 radical (unpaired) electrons. The number of aryl methyl sites for hydroxylation is 1. The van der Waals surface area contributed by atoms with Gasteiger partial charge in [0.25, 0.3) is 0 Å². The van der Waals surface area contributed by atoms with Crippen molar-refractivity contribution in [3.63, 3.8) is 0 Å². The van der Waals surface area contributed by atoms with E-state index in [1.165, 1.54) is 0 Å². The van der Waals surface area contributed by atoms with Crippen LogP contribution >= 0.6 is 0 Å². The van der Waals surface area contributed by atoms with Crippen LogP contribution in [0.15, 0.2) is 60.8 Å². The Labute approximate surface area is 176 Å². The number of hydrogen-bond donors (Lipinski definition) is 3. The van der Waals surface area contributed by atoms with E-state index >= 15 is 0 Å². The second-order valence-corrected chi connectivity index (χ2v) is 7.84. The lowest BCUT2D eigenvalue weighted by Crippen LogP contribution is -2.27. The first-order valence-corrected chi connectivity index (χ1v) is 9.77. The highest BCUT2D eigenvalue weighted by molar-refractivity contribution is 5.85. The highest BCUT2D eigenvalue weighted by atomic mass is 16.6. The molecule has 3 N–H and O–H groups in total. The Hall–Kier alpha value is -3.61. The van der Waals surface area contributed by atoms with Gasteiger partial charge in [0, 0.05) is 35.4 Å². The second-order valence-electron chi connectivity index (χ2n) is 7.84. The van der Waals surface area contributed by atoms with Gasteiger partial charge in [-0.1, -0.05) is 24.3 Å². The van der Waals surface area contributed by atoms with Gasteiger partial charge in [-0.05, 0) is 58.0 Å². The van der Waals surface area contributed by atoms with Crippen molar-refractivity contribution in [2.45, 2.75) is 39.8 Å². The van der Waals surface area contributed by atoms with Crippen LogP contribution in [0.5, 0.6) is 0 Å². The Kier molecular flexibility index (Phi) is 6.51. The molecule has 0 aliphatic carbocycles. The van der Waals surface area contributed by atoms with Gasteiger partial charge in [-0.25, -0.2) is 14.8 Å². The molecule has 1 aromatic heterocycles. The van der Waals surface area contributed by atoms with E-state index in [4.69, 9.17) is 4.74 Å². The molecule has 30 heavy (non-hydrogen) atoms. The van der Waals surface area contributed by atoms with Crippen LogP contribution < -0.4 is 16.0 Å².